The van der Waals surface area contributed by atoms with Crippen LogP contribution < -0.4 is 5.73 Å². The van der Waals surface area contributed by atoms with Crippen LogP contribution in [0.5, 0.6) is 0 Å². The number of methoxy groups -OCH3 is 1. The average molecular weight is 205 g/mol. The Morgan fingerprint density at radius 3 is 2.33 bits per heavy atom. The maximum absolute atomic E-state index is 6.18. The Hall–Kier alpha value is -0.860. The smallest absolute Gasteiger partial charge is 0.0933 e. The van der Waals surface area contributed by atoms with Crippen molar-refractivity contribution in [3.8, 4) is 0 Å². The molecule has 1 aliphatic carbocycles. The fourth-order valence-corrected chi connectivity index (χ4v) is 2.14. The zero-order valence-corrected chi connectivity index (χ0v) is 9.71. The molecule has 1 aliphatic rings. The molecular weight excluding hydrogens is 186 g/mol. The van der Waals surface area contributed by atoms with Crippen LogP contribution in [0.1, 0.15) is 37.8 Å². The van der Waals surface area contributed by atoms with E-state index in [0.29, 0.717) is 0 Å². The van der Waals surface area contributed by atoms with E-state index in [2.05, 4.69) is 18.2 Å². The monoisotopic (exact) mass is 205 g/mol. The Morgan fingerprint density at radius 2 is 1.87 bits per heavy atom. The molecule has 1 fully saturated rings. The van der Waals surface area contributed by atoms with E-state index in [1.165, 1.54) is 11.1 Å². The lowest BCUT2D eigenvalue weighted by molar-refractivity contribution is 0.0772. The van der Waals surface area contributed by atoms with E-state index in [0.717, 1.165) is 12.8 Å². The zero-order chi connectivity index (χ0) is 11.1. The quantitative estimate of drug-likeness (QED) is 0.823. The molecule has 2 N–H and O–H groups in total. The van der Waals surface area contributed by atoms with Crippen molar-refractivity contribution in [2.45, 2.75) is 37.8 Å². The predicted molar refractivity (Wildman–Crippen MR) is 61.6 cm³/mol. The van der Waals surface area contributed by atoms with Crippen molar-refractivity contribution < 1.29 is 4.74 Å². The number of nitrogens with two attached hydrogens (primary N) is 1. The maximum atomic E-state index is 6.18. The number of rotatable bonds is 3. The van der Waals surface area contributed by atoms with Gasteiger partial charge in [-0.2, -0.15) is 0 Å². The summed E-state index contributed by atoms with van der Waals surface area (Å²) in [6, 6.07) is 8.34. The third-order valence-corrected chi connectivity index (χ3v) is 3.21. The SMILES string of the molecule is COC1(c2ccccc2C(C)(C)N)CC1. The van der Waals surface area contributed by atoms with Gasteiger partial charge in [0, 0.05) is 12.6 Å². The number of hydrogen-bond acceptors (Lipinski definition) is 2. The lowest BCUT2D eigenvalue weighted by Gasteiger charge is -2.26. The van der Waals surface area contributed by atoms with Gasteiger partial charge in [0.05, 0.1) is 5.60 Å². The van der Waals surface area contributed by atoms with Gasteiger partial charge in [-0.1, -0.05) is 24.3 Å². The van der Waals surface area contributed by atoms with Crippen molar-refractivity contribution in [2.24, 2.45) is 5.73 Å². The summed E-state index contributed by atoms with van der Waals surface area (Å²) >= 11 is 0. The van der Waals surface area contributed by atoms with Crippen LogP contribution >= 0.6 is 0 Å². The predicted octanol–water partition coefficient (Wildman–Crippen LogP) is 2.52. The van der Waals surface area contributed by atoms with Gasteiger partial charge < -0.3 is 10.5 Å². The zero-order valence-electron chi connectivity index (χ0n) is 9.71. The molecule has 82 valence electrons. The van der Waals surface area contributed by atoms with Crippen LogP contribution in [0.25, 0.3) is 0 Å². The van der Waals surface area contributed by atoms with Gasteiger partial charge >= 0.3 is 0 Å². The van der Waals surface area contributed by atoms with Crippen LogP contribution in [0.2, 0.25) is 0 Å². The standard InChI is InChI=1S/C13H19NO/c1-12(2,14)10-6-4-5-7-11(10)13(15-3)8-9-13/h4-7H,8-9,14H2,1-3H3. The third-order valence-electron chi connectivity index (χ3n) is 3.21. The minimum Gasteiger partial charge on any atom is -0.374 e. The van der Waals surface area contributed by atoms with Crippen molar-refractivity contribution in [3.05, 3.63) is 35.4 Å². The van der Waals surface area contributed by atoms with Gasteiger partial charge in [-0.15, -0.1) is 0 Å². The van der Waals surface area contributed by atoms with Gasteiger partial charge in [-0.25, -0.2) is 0 Å². The molecule has 0 radical (unpaired) electrons. The number of ether oxygens (including phenoxy) is 1. The molecule has 0 saturated heterocycles. The molecule has 0 atom stereocenters. The summed E-state index contributed by atoms with van der Waals surface area (Å²) in [4.78, 5) is 0. The molecule has 2 nitrogen and oxygen atoms in total. The lowest BCUT2D eigenvalue weighted by atomic mass is 9.88. The second-order valence-corrected chi connectivity index (χ2v) is 4.97. The highest BCUT2D eigenvalue weighted by molar-refractivity contribution is 5.39. The summed E-state index contributed by atoms with van der Waals surface area (Å²) in [6.07, 6.45) is 2.22. The molecule has 0 unspecified atom stereocenters. The van der Waals surface area contributed by atoms with Crippen molar-refractivity contribution in [1.29, 1.82) is 0 Å². The Morgan fingerprint density at radius 1 is 1.27 bits per heavy atom. The Labute approximate surface area is 91.4 Å². The van der Waals surface area contributed by atoms with Crippen LogP contribution in [-0.4, -0.2) is 7.11 Å². The van der Waals surface area contributed by atoms with Crippen molar-refractivity contribution in [1.82, 2.24) is 0 Å². The van der Waals surface area contributed by atoms with Crippen molar-refractivity contribution >= 4 is 0 Å². The summed E-state index contributed by atoms with van der Waals surface area (Å²) < 4.78 is 5.62. The van der Waals surface area contributed by atoms with Crippen molar-refractivity contribution in [3.63, 3.8) is 0 Å². The van der Waals surface area contributed by atoms with Gasteiger partial charge in [0.25, 0.3) is 0 Å². The molecular formula is C13H19NO. The van der Waals surface area contributed by atoms with E-state index in [1.807, 2.05) is 19.9 Å². The van der Waals surface area contributed by atoms with Crippen molar-refractivity contribution in [2.75, 3.05) is 7.11 Å². The van der Waals surface area contributed by atoms with E-state index >= 15 is 0 Å². The molecule has 0 aromatic heterocycles. The molecule has 1 aromatic carbocycles. The molecule has 15 heavy (non-hydrogen) atoms. The van der Waals surface area contributed by atoms with Gasteiger partial charge in [0.15, 0.2) is 0 Å². The number of benzene rings is 1. The molecule has 1 aromatic rings. The van der Waals surface area contributed by atoms with Gasteiger partial charge in [-0.05, 0) is 37.8 Å². The molecule has 0 amide bonds. The van der Waals surface area contributed by atoms with Gasteiger partial charge in [0.2, 0.25) is 0 Å². The summed E-state index contributed by atoms with van der Waals surface area (Å²) in [6.45, 7) is 4.08. The minimum atomic E-state index is -0.301. The number of hydrogen-bond donors (Lipinski definition) is 1. The molecule has 2 heteroatoms. The topological polar surface area (TPSA) is 35.2 Å². The first-order valence-electron chi connectivity index (χ1n) is 5.44. The van der Waals surface area contributed by atoms with E-state index in [1.54, 1.807) is 7.11 Å². The fraction of sp³-hybridized carbons (Fsp3) is 0.538. The van der Waals surface area contributed by atoms with E-state index < -0.39 is 0 Å². The molecule has 0 aliphatic heterocycles. The minimum absolute atomic E-state index is 0.0484. The van der Waals surface area contributed by atoms with Crippen LogP contribution in [0.15, 0.2) is 24.3 Å². The van der Waals surface area contributed by atoms with Gasteiger partial charge in [-0.3, -0.25) is 0 Å². The molecule has 0 spiro atoms. The van der Waals surface area contributed by atoms with Crippen LogP contribution in [-0.2, 0) is 15.9 Å². The van der Waals surface area contributed by atoms with Gasteiger partial charge in [0.1, 0.15) is 0 Å². The second-order valence-electron chi connectivity index (χ2n) is 4.97. The summed E-state index contributed by atoms with van der Waals surface area (Å²) in [5.74, 6) is 0. The average Bonchev–Trinajstić information content (AvgIpc) is 2.97. The van der Waals surface area contributed by atoms with Crippen LogP contribution in [0.4, 0.5) is 0 Å². The van der Waals surface area contributed by atoms with Crippen LogP contribution in [0, 0.1) is 0 Å². The first-order chi connectivity index (χ1) is 6.99. The van der Waals surface area contributed by atoms with E-state index in [9.17, 15) is 0 Å². The highest BCUT2D eigenvalue weighted by Gasteiger charge is 2.46. The lowest BCUT2D eigenvalue weighted by Crippen LogP contribution is -2.31. The summed E-state index contributed by atoms with van der Waals surface area (Å²) in [5, 5.41) is 0. The van der Waals surface area contributed by atoms with E-state index in [4.69, 9.17) is 10.5 Å². The largest absolute Gasteiger partial charge is 0.374 e. The second kappa shape index (κ2) is 3.32. The molecule has 1 saturated carbocycles. The first-order valence-corrected chi connectivity index (χ1v) is 5.44. The molecule has 0 bridgehead atoms. The highest BCUT2D eigenvalue weighted by atomic mass is 16.5. The Balaban J connectivity index is 2.48. The third kappa shape index (κ3) is 1.80. The molecule has 2 rings (SSSR count). The van der Waals surface area contributed by atoms with Crippen LogP contribution in [0.3, 0.4) is 0 Å². The normalized spacial score (nSPS) is 18.9. The highest BCUT2D eigenvalue weighted by Crippen LogP contribution is 2.50. The van der Waals surface area contributed by atoms with E-state index in [-0.39, 0.29) is 11.1 Å². The maximum Gasteiger partial charge on any atom is 0.0933 e. The first kappa shape index (κ1) is 10.7. The fourth-order valence-electron chi connectivity index (χ4n) is 2.14. The summed E-state index contributed by atoms with van der Waals surface area (Å²) in [7, 11) is 1.79. The Bertz CT molecular complexity index is 361. The summed E-state index contributed by atoms with van der Waals surface area (Å²) in [5.41, 5.74) is 8.29. The molecule has 0 heterocycles. The Kier molecular flexibility index (Phi) is 2.36.